The fourth-order valence-corrected chi connectivity index (χ4v) is 2.38. The third-order valence-corrected chi connectivity index (χ3v) is 3.71. The van der Waals surface area contributed by atoms with E-state index >= 15 is 0 Å². The highest BCUT2D eigenvalue weighted by Gasteiger charge is 2.22. The first-order valence-corrected chi connectivity index (χ1v) is 7.89. The van der Waals surface area contributed by atoms with Gasteiger partial charge >= 0.3 is 5.97 Å². The predicted octanol–water partition coefficient (Wildman–Crippen LogP) is 4.32. The number of benzene rings is 2. The van der Waals surface area contributed by atoms with Gasteiger partial charge in [-0.15, -0.1) is 10.2 Å². The minimum absolute atomic E-state index is 0.202. The minimum Gasteiger partial charge on any atom is -0.496 e. The summed E-state index contributed by atoms with van der Waals surface area (Å²) in [6, 6.07) is 14.1. The SMILES string of the molecule is COc1ccc(Cl)cc1C(=O)O[C@@H](C)c1nnc(-c2ccccc2)o1. The van der Waals surface area contributed by atoms with Crippen LogP contribution in [0.15, 0.2) is 52.9 Å². The van der Waals surface area contributed by atoms with Gasteiger partial charge in [0.1, 0.15) is 11.3 Å². The number of esters is 1. The molecule has 0 radical (unpaired) electrons. The van der Waals surface area contributed by atoms with E-state index in [-0.39, 0.29) is 11.5 Å². The molecule has 0 aliphatic heterocycles. The number of nitrogens with zero attached hydrogens (tertiary/aromatic N) is 2. The summed E-state index contributed by atoms with van der Waals surface area (Å²) in [5.74, 6) is 0.343. The number of halogens is 1. The maximum atomic E-state index is 12.4. The summed E-state index contributed by atoms with van der Waals surface area (Å²) in [5, 5.41) is 8.34. The van der Waals surface area contributed by atoms with E-state index in [0.717, 1.165) is 5.56 Å². The van der Waals surface area contributed by atoms with Gasteiger partial charge < -0.3 is 13.9 Å². The second kappa shape index (κ2) is 7.36. The molecule has 0 N–H and O–H groups in total. The Morgan fingerprint density at radius 2 is 1.92 bits per heavy atom. The van der Waals surface area contributed by atoms with E-state index in [0.29, 0.717) is 16.7 Å². The summed E-state index contributed by atoms with van der Waals surface area (Å²) in [4.78, 5) is 12.4. The second-order valence-electron chi connectivity index (χ2n) is 5.20. The molecular formula is C18H15ClN2O4. The molecule has 0 amide bonds. The van der Waals surface area contributed by atoms with Gasteiger partial charge in [0, 0.05) is 10.6 Å². The normalized spacial score (nSPS) is 11.8. The lowest BCUT2D eigenvalue weighted by molar-refractivity contribution is 0.0276. The Morgan fingerprint density at radius 3 is 2.64 bits per heavy atom. The van der Waals surface area contributed by atoms with Gasteiger partial charge in [-0.1, -0.05) is 29.8 Å². The van der Waals surface area contributed by atoms with Gasteiger partial charge in [-0.3, -0.25) is 0 Å². The van der Waals surface area contributed by atoms with Crippen LogP contribution < -0.4 is 4.74 Å². The second-order valence-corrected chi connectivity index (χ2v) is 5.64. The average Bonchev–Trinajstić information content (AvgIpc) is 3.12. The first-order valence-electron chi connectivity index (χ1n) is 7.52. The van der Waals surface area contributed by atoms with E-state index < -0.39 is 12.1 Å². The molecule has 2 aromatic carbocycles. The summed E-state index contributed by atoms with van der Waals surface area (Å²) in [7, 11) is 1.47. The number of aromatic nitrogens is 2. The predicted molar refractivity (Wildman–Crippen MR) is 91.6 cm³/mol. The Kier molecular flexibility index (Phi) is 5.00. The van der Waals surface area contributed by atoms with Crippen molar-refractivity contribution in [3.8, 4) is 17.2 Å². The number of ether oxygens (including phenoxy) is 2. The molecule has 3 rings (SSSR count). The molecule has 0 bridgehead atoms. The fourth-order valence-electron chi connectivity index (χ4n) is 2.21. The molecule has 0 spiro atoms. The number of carbonyl (C=O) groups excluding carboxylic acids is 1. The van der Waals surface area contributed by atoms with Gasteiger partial charge in [0.05, 0.1) is 7.11 Å². The number of rotatable bonds is 5. The molecule has 128 valence electrons. The Bertz CT molecular complexity index is 880. The molecule has 6 nitrogen and oxygen atoms in total. The molecule has 3 aromatic rings. The van der Waals surface area contributed by atoms with Gasteiger partial charge in [0.15, 0.2) is 6.10 Å². The average molecular weight is 359 g/mol. The van der Waals surface area contributed by atoms with Crippen LogP contribution >= 0.6 is 11.6 Å². The van der Waals surface area contributed by atoms with Crippen molar-refractivity contribution in [1.29, 1.82) is 0 Å². The molecule has 0 aliphatic rings. The summed E-state index contributed by atoms with van der Waals surface area (Å²) in [6.45, 7) is 1.65. The van der Waals surface area contributed by atoms with Crippen molar-refractivity contribution >= 4 is 17.6 Å². The van der Waals surface area contributed by atoms with Crippen molar-refractivity contribution < 1.29 is 18.7 Å². The Morgan fingerprint density at radius 1 is 1.16 bits per heavy atom. The maximum absolute atomic E-state index is 12.4. The van der Waals surface area contributed by atoms with Crippen LogP contribution in [0.2, 0.25) is 5.02 Å². The molecule has 0 saturated carbocycles. The van der Waals surface area contributed by atoms with Crippen LogP contribution in [0.3, 0.4) is 0 Å². The van der Waals surface area contributed by atoms with Crippen LogP contribution in [0, 0.1) is 0 Å². The molecule has 25 heavy (non-hydrogen) atoms. The third-order valence-electron chi connectivity index (χ3n) is 3.47. The van der Waals surface area contributed by atoms with Gasteiger partial charge in [0.2, 0.25) is 5.89 Å². The standard InChI is InChI=1S/C18H15ClN2O4/c1-11(16-20-21-17(25-16)12-6-4-3-5-7-12)24-18(22)14-10-13(19)8-9-15(14)23-2/h3-11H,1-2H3/t11-/m0/s1. The van der Waals surface area contributed by atoms with Crippen molar-refractivity contribution in [2.24, 2.45) is 0 Å². The quantitative estimate of drug-likeness (QED) is 0.632. The van der Waals surface area contributed by atoms with Crippen LogP contribution in [0.4, 0.5) is 0 Å². The largest absolute Gasteiger partial charge is 0.496 e. The summed E-state index contributed by atoms with van der Waals surface area (Å²) in [6.07, 6.45) is -0.721. The van der Waals surface area contributed by atoms with E-state index in [2.05, 4.69) is 10.2 Å². The Balaban J connectivity index is 1.77. The van der Waals surface area contributed by atoms with E-state index in [4.69, 9.17) is 25.5 Å². The molecule has 1 atom stereocenters. The topological polar surface area (TPSA) is 74.5 Å². The first-order chi connectivity index (χ1) is 12.1. The lowest BCUT2D eigenvalue weighted by atomic mass is 10.2. The van der Waals surface area contributed by atoms with Gasteiger partial charge in [-0.25, -0.2) is 4.79 Å². The van der Waals surface area contributed by atoms with E-state index in [1.807, 2.05) is 30.3 Å². The van der Waals surface area contributed by atoms with Gasteiger partial charge in [0.25, 0.3) is 5.89 Å². The maximum Gasteiger partial charge on any atom is 0.342 e. The summed E-state index contributed by atoms with van der Waals surface area (Å²) in [5.41, 5.74) is 1.01. The number of hydrogen-bond donors (Lipinski definition) is 0. The van der Waals surface area contributed by atoms with Crippen LogP contribution in [-0.2, 0) is 4.74 Å². The molecule has 0 aliphatic carbocycles. The van der Waals surface area contributed by atoms with Crippen LogP contribution in [-0.4, -0.2) is 23.3 Å². The first kappa shape index (κ1) is 17.0. The van der Waals surface area contributed by atoms with Crippen LogP contribution in [0.5, 0.6) is 5.75 Å². The zero-order valence-electron chi connectivity index (χ0n) is 13.6. The zero-order valence-corrected chi connectivity index (χ0v) is 14.4. The highest BCUT2D eigenvalue weighted by atomic mass is 35.5. The fraction of sp³-hybridized carbons (Fsp3) is 0.167. The van der Waals surface area contributed by atoms with Crippen LogP contribution in [0.1, 0.15) is 29.3 Å². The van der Waals surface area contributed by atoms with E-state index in [1.165, 1.54) is 13.2 Å². The molecule has 1 heterocycles. The molecule has 1 aromatic heterocycles. The molecule has 7 heteroatoms. The lowest BCUT2D eigenvalue weighted by Gasteiger charge is -2.12. The third kappa shape index (κ3) is 3.80. The van der Waals surface area contributed by atoms with Crippen molar-refractivity contribution in [3.63, 3.8) is 0 Å². The van der Waals surface area contributed by atoms with Crippen molar-refractivity contribution in [2.45, 2.75) is 13.0 Å². The minimum atomic E-state index is -0.721. The Hall–Kier alpha value is -2.86. The lowest BCUT2D eigenvalue weighted by Crippen LogP contribution is -2.11. The Labute approximate surface area is 149 Å². The highest BCUT2D eigenvalue weighted by molar-refractivity contribution is 6.31. The number of hydrogen-bond acceptors (Lipinski definition) is 6. The van der Waals surface area contributed by atoms with E-state index in [9.17, 15) is 4.79 Å². The smallest absolute Gasteiger partial charge is 0.342 e. The monoisotopic (exact) mass is 358 g/mol. The molecule has 0 unspecified atom stereocenters. The molecular weight excluding hydrogens is 344 g/mol. The molecule has 0 fully saturated rings. The zero-order chi connectivity index (χ0) is 17.8. The van der Waals surface area contributed by atoms with E-state index in [1.54, 1.807) is 19.1 Å². The summed E-state index contributed by atoms with van der Waals surface area (Å²) >= 11 is 5.94. The van der Waals surface area contributed by atoms with Gasteiger partial charge in [-0.05, 0) is 37.3 Å². The van der Waals surface area contributed by atoms with Crippen LogP contribution in [0.25, 0.3) is 11.5 Å². The summed E-state index contributed by atoms with van der Waals surface area (Å²) < 4.78 is 16.1. The van der Waals surface area contributed by atoms with Crippen molar-refractivity contribution in [3.05, 3.63) is 65.0 Å². The van der Waals surface area contributed by atoms with Crippen molar-refractivity contribution in [2.75, 3.05) is 7.11 Å². The van der Waals surface area contributed by atoms with Gasteiger partial charge in [-0.2, -0.15) is 0 Å². The number of methoxy groups -OCH3 is 1. The number of carbonyl (C=O) groups is 1. The molecule has 0 saturated heterocycles. The highest BCUT2D eigenvalue weighted by Crippen LogP contribution is 2.27. The van der Waals surface area contributed by atoms with Crippen molar-refractivity contribution in [1.82, 2.24) is 10.2 Å².